The number of aliphatic hydroxyl groups is 1. The fourth-order valence-electron chi connectivity index (χ4n) is 3.77. The Hall–Kier alpha value is -2.92. The van der Waals surface area contributed by atoms with Gasteiger partial charge in [-0.3, -0.25) is 0 Å². The van der Waals surface area contributed by atoms with Crippen LogP contribution in [-0.4, -0.2) is 27.0 Å². The van der Waals surface area contributed by atoms with Gasteiger partial charge in [0.2, 0.25) is 0 Å². The second-order valence-electron chi connectivity index (χ2n) is 6.73. The van der Waals surface area contributed by atoms with Crippen LogP contribution in [0.2, 0.25) is 0 Å². The lowest BCUT2D eigenvalue weighted by Gasteiger charge is -2.18. The lowest BCUT2D eigenvalue weighted by atomic mass is 10.0. The van der Waals surface area contributed by atoms with E-state index in [0.717, 1.165) is 46.7 Å². The minimum atomic E-state index is 0.0492. The van der Waals surface area contributed by atoms with E-state index in [0.29, 0.717) is 5.69 Å². The molecule has 0 aliphatic carbocycles. The molecular formula is C21H21N3O2. The number of aliphatic hydroxyl groups excluding tert-OH is 1. The van der Waals surface area contributed by atoms with Crippen molar-refractivity contribution >= 4 is 11.5 Å². The maximum Gasteiger partial charge on any atom is 0.155 e. The predicted octanol–water partition coefficient (Wildman–Crippen LogP) is 3.65. The standard InChI is InChI=1S/C21H21N3O2/c1-13-10-14(2)21(19(26)11-13)17-6-7-20(23-22-17)24-9-8-16-15(12-25)4-3-5-18(16)24/h3-7,10-11,25-26H,8-9,12H2,1-2H3. The Morgan fingerprint density at radius 1 is 1.08 bits per heavy atom. The topological polar surface area (TPSA) is 69.5 Å². The van der Waals surface area contributed by atoms with Crippen LogP contribution in [0.3, 0.4) is 0 Å². The molecule has 0 unspecified atom stereocenters. The van der Waals surface area contributed by atoms with Crippen LogP contribution < -0.4 is 4.90 Å². The Kier molecular flexibility index (Phi) is 4.09. The van der Waals surface area contributed by atoms with Crippen LogP contribution in [0.1, 0.15) is 22.3 Å². The number of phenolic OH excluding ortho intramolecular Hbond substituents is 1. The summed E-state index contributed by atoms with van der Waals surface area (Å²) in [5.41, 5.74) is 6.59. The van der Waals surface area contributed by atoms with Crippen LogP contribution in [-0.2, 0) is 13.0 Å². The quantitative estimate of drug-likeness (QED) is 0.757. The van der Waals surface area contributed by atoms with Gasteiger partial charge in [0, 0.05) is 17.8 Å². The molecule has 26 heavy (non-hydrogen) atoms. The zero-order valence-corrected chi connectivity index (χ0v) is 14.9. The number of fused-ring (bicyclic) bond motifs is 1. The minimum Gasteiger partial charge on any atom is -0.507 e. The molecule has 1 aliphatic heterocycles. The molecular weight excluding hydrogens is 326 g/mol. The van der Waals surface area contributed by atoms with Crippen LogP contribution in [0.15, 0.2) is 42.5 Å². The van der Waals surface area contributed by atoms with Gasteiger partial charge in [0.1, 0.15) is 5.75 Å². The largest absolute Gasteiger partial charge is 0.507 e. The lowest BCUT2D eigenvalue weighted by molar-refractivity contribution is 0.281. The maximum absolute atomic E-state index is 10.3. The highest BCUT2D eigenvalue weighted by Crippen LogP contribution is 2.37. The van der Waals surface area contributed by atoms with Gasteiger partial charge in [-0.15, -0.1) is 10.2 Å². The zero-order valence-electron chi connectivity index (χ0n) is 14.9. The third-order valence-electron chi connectivity index (χ3n) is 4.94. The summed E-state index contributed by atoms with van der Waals surface area (Å²) < 4.78 is 0. The summed E-state index contributed by atoms with van der Waals surface area (Å²) in [5.74, 6) is 0.996. The molecule has 0 radical (unpaired) electrons. The molecule has 1 aliphatic rings. The number of rotatable bonds is 3. The van der Waals surface area contributed by atoms with Gasteiger partial charge < -0.3 is 15.1 Å². The van der Waals surface area contributed by atoms with Gasteiger partial charge in [0.05, 0.1) is 12.3 Å². The van der Waals surface area contributed by atoms with Gasteiger partial charge in [-0.1, -0.05) is 18.2 Å². The van der Waals surface area contributed by atoms with Crippen molar-refractivity contribution in [2.24, 2.45) is 0 Å². The van der Waals surface area contributed by atoms with Gasteiger partial charge in [-0.25, -0.2) is 0 Å². The SMILES string of the molecule is Cc1cc(C)c(-c2ccc(N3CCc4c(CO)cccc43)nn2)c(O)c1. The minimum absolute atomic E-state index is 0.0492. The molecule has 5 heteroatoms. The molecule has 0 saturated heterocycles. The first kappa shape index (κ1) is 16.5. The second-order valence-corrected chi connectivity index (χ2v) is 6.73. The molecule has 0 fully saturated rings. The Morgan fingerprint density at radius 2 is 1.92 bits per heavy atom. The summed E-state index contributed by atoms with van der Waals surface area (Å²) in [5, 5.41) is 28.6. The third-order valence-corrected chi connectivity index (χ3v) is 4.94. The summed E-state index contributed by atoms with van der Waals surface area (Å²) in [6.07, 6.45) is 0.882. The number of anilines is 2. The van der Waals surface area contributed by atoms with Crippen molar-refractivity contribution in [3.05, 3.63) is 64.7 Å². The van der Waals surface area contributed by atoms with Gasteiger partial charge in [-0.05, 0) is 66.8 Å². The molecule has 1 aromatic heterocycles. The van der Waals surface area contributed by atoms with Gasteiger partial charge in [0.25, 0.3) is 0 Å². The van der Waals surface area contributed by atoms with E-state index in [9.17, 15) is 10.2 Å². The summed E-state index contributed by atoms with van der Waals surface area (Å²) in [4.78, 5) is 2.12. The lowest BCUT2D eigenvalue weighted by Crippen LogP contribution is -2.15. The molecule has 0 atom stereocenters. The molecule has 2 N–H and O–H groups in total. The average Bonchev–Trinajstić information content (AvgIpc) is 3.05. The number of benzene rings is 2. The number of aromatic nitrogens is 2. The van der Waals surface area contributed by atoms with Crippen LogP contribution in [0.25, 0.3) is 11.3 Å². The van der Waals surface area contributed by atoms with Crippen LogP contribution in [0.4, 0.5) is 11.5 Å². The highest BCUT2D eigenvalue weighted by Gasteiger charge is 2.24. The fourth-order valence-corrected chi connectivity index (χ4v) is 3.77. The highest BCUT2D eigenvalue weighted by molar-refractivity contribution is 5.73. The Morgan fingerprint density at radius 3 is 2.62 bits per heavy atom. The third kappa shape index (κ3) is 2.70. The first-order valence-electron chi connectivity index (χ1n) is 8.72. The van der Waals surface area contributed by atoms with E-state index >= 15 is 0 Å². The number of phenols is 1. The smallest absolute Gasteiger partial charge is 0.155 e. The number of hydrogen-bond acceptors (Lipinski definition) is 5. The van der Waals surface area contributed by atoms with Crippen LogP contribution in [0.5, 0.6) is 5.75 Å². The molecule has 0 saturated carbocycles. The fraction of sp³-hybridized carbons (Fsp3) is 0.238. The summed E-state index contributed by atoms with van der Waals surface area (Å²) >= 11 is 0. The molecule has 0 amide bonds. The average molecular weight is 347 g/mol. The van der Waals surface area contributed by atoms with Gasteiger partial charge in [-0.2, -0.15) is 0 Å². The van der Waals surface area contributed by atoms with E-state index in [1.165, 1.54) is 5.56 Å². The van der Waals surface area contributed by atoms with E-state index in [2.05, 4.69) is 15.1 Å². The molecule has 2 heterocycles. The first-order valence-corrected chi connectivity index (χ1v) is 8.72. The molecule has 0 spiro atoms. The van der Waals surface area contributed by atoms with Crippen molar-refractivity contribution in [1.29, 1.82) is 0 Å². The normalized spacial score (nSPS) is 13.1. The number of aryl methyl sites for hydroxylation is 2. The van der Waals surface area contributed by atoms with E-state index < -0.39 is 0 Å². The van der Waals surface area contributed by atoms with Crippen molar-refractivity contribution in [3.63, 3.8) is 0 Å². The van der Waals surface area contributed by atoms with E-state index in [1.54, 1.807) is 6.07 Å². The zero-order chi connectivity index (χ0) is 18.3. The molecule has 3 aromatic rings. The summed E-state index contributed by atoms with van der Waals surface area (Å²) in [6.45, 7) is 4.78. The van der Waals surface area contributed by atoms with Crippen LogP contribution in [0, 0.1) is 13.8 Å². The van der Waals surface area contributed by atoms with Gasteiger partial charge in [0.15, 0.2) is 5.82 Å². The number of nitrogens with zero attached hydrogens (tertiary/aromatic N) is 3. The Bertz CT molecular complexity index is 944. The Balaban J connectivity index is 1.69. The molecule has 5 nitrogen and oxygen atoms in total. The van der Waals surface area contributed by atoms with Crippen molar-refractivity contribution in [2.45, 2.75) is 26.9 Å². The number of hydrogen-bond donors (Lipinski definition) is 2. The van der Waals surface area contributed by atoms with E-state index in [1.807, 2.05) is 50.2 Å². The summed E-state index contributed by atoms with van der Waals surface area (Å²) in [7, 11) is 0. The highest BCUT2D eigenvalue weighted by atomic mass is 16.3. The molecule has 2 aromatic carbocycles. The monoisotopic (exact) mass is 347 g/mol. The second kappa shape index (κ2) is 6.42. The predicted molar refractivity (Wildman–Crippen MR) is 102 cm³/mol. The molecule has 0 bridgehead atoms. The van der Waals surface area contributed by atoms with Gasteiger partial charge >= 0.3 is 0 Å². The van der Waals surface area contributed by atoms with Crippen molar-refractivity contribution in [1.82, 2.24) is 10.2 Å². The first-order chi connectivity index (χ1) is 12.6. The van der Waals surface area contributed by atoms with Crippen molar-refractivity contribution in [2.75, 3.05) is 11.4 Å². The van der Waals surface area contributed by atoms with E-state index in [-0.39, 0.29) is 12.4 Å². The van der Waals surface area contributed by atoms with Crippen LogP contribution >= 0.6 is 0 Å². The molecule has 132 valence electrons. The number of aromatic hydroxyl groups is 1. The van der Waals surface area contributed by atoms with Crippen molar-refractivity contribution in [3.8, 4) is 17.0 Å². The summed E-state index contributed by atoms with van der Waals surface area (Å²) in [6, 6.07) is 13.6. The van der Waals surface area contributed by atoms with E-state index in [4.69, 9.17) is 0 Å². The maximum atomic E-state index is 10.3. The van der Waals surface area contributed by atoms with Crippen molar-refractivity contribution < 1.29 is 10.2 Å². The molecule has 4 rings (SSSR count). The Labute approximate surface area is 152 Å².